The molecule has 7 heteroatoms. The van der Waals surface area contributed by atoms with Crippen LogP contribution in [0.3, 0.4) is 0 Å². The summed E-state index contributed by atoms with van der Waals surface area (Å²) in [6.45, 7) is 1.94. The molecule has 0 saturated carbocycles. The summed E-state index contributed by atoms with van der Waals surface area (Å²) in [5.74, 6) is -0.878. The third-order valence-electron chi connectivity index (χ3n) is 2.48. The van der Waals surface area contributed by atoms with Crippen LogP contribution in [-0.4, -0.2) is 32.3 Å². The minimum absolute atomic E-state index is 0.501. The van der Waals surface area contributed by atoms with Gasteiger partial charge in [0.1, 0.15) is 11.7 Å². The normalized spacial score (nSPS) is 12.1. The molecule has 0 fully saturated rings. The lowest BCUT2D eigenvalue weighted by Gasteiger charge is -2.11. The molecule has 0 saturated heterocycles. The molecule has 2 aromatic heterocycles. The van der Waals surface area contributed by atoms with Crippen molar-refractivity contribution in [2.75, 3.05) is 5.32 Å². The summed E-state index contributed by atoms with van der Waals surface area (Å²) in [4.78, 5) is 15.2. The molecule has 19 heavy (non-hydrogen) atoms. The predicted octanol–water partition coefficient (Wildman–Crippen LogP) is 2.27. The molecule has 2 aromatic rings. The molecule has 2 N–H and O–H groups in total. The van der Waals surface area contributed by atoms with E-state index in [1.807, 2.05) is 25.1 Å². The van der Waals surface area contributed by atoms with Gasteiger partial charge in [0.25, 0.3) is 0 Å². The molecule has 0 aliphatic heterocycles. The van der Waals surface area contributed by atoms with E-state index in [0.29, 0.717) is 16.6 Å². The van der Waals surface area contributed by atoms with Crippen LogP contribution in [0.1, 0.15) is 19.8 Å². The van der Waals surface area contributed by atoms with Gasteiger partial charge in [0.15, 0.2) is 5.01 Å². The molecule has 100 valence electrons. The van der Waals surface area contributed by atoms with Crippen LogP contribution >= 0.6 is 11.3 Å². The number of pyridine rings is 1. The highest BCUT2D eigenvalue weighted by Crippen LogP contribution is 2.25. The minimum atomic E-state index is -0.878. The van der Waals surface area contributed by atoms with Crippen molar-refractivity contribution in [2.24, 2.45) is 0 Å². The van der Waals surface area contributed by atoms with Gasteiger partial charge in [-0.25, -0.2) is 4.79 Å². The van der Waals surface area contributed by atoms with Crippen molar-refractivity contribution in [3.05, 3.63) is 24.4 Å². The lowest BCUT2D eigenvalue weighted by atomic mass is 10.2. The van der Waals surface area contributed by atoms with E-state index in [1.54, 1.807) is 6.20 Å². The Hall–Kier alpha value is -2.02. The maximum absolute atomic E-state index is 11.1. The minimum Gasteiger partial charge on any atom is -0.480 e. The van der Waals surface area contributed by atoms with Crippen molar-refractivity contribution in [2.45, 2.75) is 25.8 Å². The van der Waals surface area contributed by atoms with Crippen LogP contribution in [0.2, 0.25) is 0 Å². The Morgan fingerprint density at radius 2 is 2.32 bits per heavy atom. The van der Waals surface area contributed by atoms with Crippen molar-refractivity contribution in [1.82, 2.24) is 15.2 Å². The van der Waals surface area contributed by atoms with Gasteiger partial charge in [0.05, 0.1) is 0 Å². The molecule has 2 rings (SSSR count). The summed E-state index contributed by atoms with van der Waals surface area (Å²) in [6, 6.07) is 4.90. The number of carboxylic acids is 1. The smallest absolute Gasteiger partial charge is 0.326 e. The largest absolute Gasteiger partial charge is 0.480 e. The molecule has 1 unspecified atom stereocenters. The molecular formula is C12H14N4O2S. The van der Waals surface area contributed by atoms with Crippen molar-refractivity contribution in [1.29, 1.82) is 0 Å². The first-order valence-corrected chi connectivity index (χ1v) is 6.76. The van der Waals surface area contributed by atoms with Crippen LogP contribution in [0.25, 0.3) is 10.7 Å². The number of carboxylic acid groups (broad SMARTS) is 1. The monoisotopic (exact) mass is 278 g/mol. The van der Waals surface area contributed by atoms with E-state index in [-0.39, 0.29) is 0 Å². The molecule has 2 heterocycles. The van der Waals surface area contributed by atoms with Gasteiger partial charge in [-0.05, 0) is 18.6 Å². The van der Waals surface area contributed by atoms with Crippen molar-refractivity contribution >= 4 is 22.4 Å². The highest BCUT2D eigenvalue weighted by molar-refractivity contribution is 7.18. The summed E-state index contributed by atoms with van der Waals surface area (Å²) in [7, 11) is 0. The lowest BCUT2D eigenvalue weighted by molar-refractivity contribution is -0.138. The average Bonchev–Trinajstić information content (AvgIpc) is 2.88. The maximum Gasteiger partial charge on any atom is 0.326 e. The highest BCUT2D eigenvalue weighted by atomic mass is 32.1. The average molecular weight is 278 g/mol. The molecule has 0 aliphatic carbocycles. The Labute approximate surface area is 114 Å². The van der Waals surface area contributed by atoms with Crippen LogP contribution < -0.4 is 5.32 Å². The molecule has 0 aliphatic rings. The fourth-order valence-corrected chi connectivity index (χ4v) is 2.34. The zero-order valence-corrected chi connectivity index (χ0v) is 11.2. The third-order valence-corrected chi connectivity index (χ3v) is 3.36. The fourth-order valence-electron chi connectivity index (χ4n) is 1.57. The van der Waals surface area contributed by atoms with E-state index < -0.39 is 12.0 Å². The van der Waals surface area contributed by atoms with Gasteiger partial charge in [-0.2, -0.15) is 0 Å². The molecule has 0 amide bonds. The second-order valence-corrected chi connectivity index (χ2v) is 4.93. The number of hydrogen-bond acceptors (Lipinski definition) is 6. The molecule has 6 nitrogen and oxygen atoms in total. The van der Waals surface area contributed by atoms with Gasteiger partial charge < -0.3 is 10.4 Å². The molecule has 0 aromatic carbocycles. The zero-order chi connectivity index (χ0) is 13.7. The second kappa shape index (κ2) is 6.24. The first-order valence-electron chi connectivity index (χ1n) is 5.95. The van der Waals surface area contributed by atoms with Crippen LogP contribution in [0.5, 0.6) is 0 Å². The quantitative estimate of drug-likeness (QED) is 0.842. The van der Waals surface area contributed by atoms with Crippen LogP contribution in [0, 0.1) is 0 Å². The van der Waals surface area contributed by atoms with Gasteiger partial charge in [-0.3, -0.25) is 4.98 Å². The summed E-state index contributed by atoms with van der Waals surface area (Å²) in [5, 5.41) is 21.1. The van der Waals surface area contributed by atoms with E-state index in [2.05, 4.69) is 20.5 Å². The van der Waals surface area contributed by atoms with E-state index >= 15 is 0 Å². The number of hydrogen-bond donors (Lipinski definition) is 2. The first-order chi connectivity index (χ1) is 9.20. The van der Waals surface area contributed by atoms with Crippen LogP contribution in [0.15, 0.2) is 24.4 Å². The van der Waals surface area contributed by atoms with Gasteiger partial charge in [-0.15, -0.1) is 10.2 Å². The van der Waals surface area contributed by atoms with E-state index in [4.69, 9.17) is 5.11 Å². The molecular weight excluding hydrogens is 264 g/mol. The highest BCUT2D eigenvalue weighted by Gasteiger charge is 2.18. The Morgan fingerprint density at radius 3 is 2.95 bits per heavy atom. The Kier molecular flexibility index (Phi) is 4.40. The van der Waals surface area contributed by atoms with Crippen molar-refractivity contribution < 1.29 is 9.90 Å². The molecule has 1 atom stereocenters. The van der Waals surface area contributed by atoms with Gasteiger partial charge in [0.2, 0.25) is 5.13 Å². The Bertz CT molecular complexity index is 544. The predicted molar refractivity (Wildman–Crippen MR) is 73.1 cm³/mol. The molecule has 0 radical (unpaired) electrons. The number of aromatic nitrogens is 3. The second-order valence-electron chi connectivity index (χ2n) is 3.95. The maximum atomic E-state index is 11.1. The number of carbonyl (C=O) groups is 1. The number of nitrogens with zero attached hydrogens (tertiary/aromatic N) is 3. The van der Waals surface area contributed by atoms with E-state index in [1.165, 1.54) is 11.3 Å². The number of rotatable bonds is 6. The standard InChI is InChI=1S/C12H14N4O2S/c1-2-5-9(11(17)18)14-12-16-15-10(19-12)8-6-3-4-7-13-8/h3-4,6-7,9H,2,5H2,1H3,(H,14,16)(H,17,18). The van der Waals surface area contributed by atoms with E-state index in [0.717, 1.165) is 12.1 Å². The molecule has 0 spiro atoms. The summed E-state index contributed by atoms with van der Waals surface area (Å²) in [5.41, 5.74) is 0.732. The molecule has 0 bridgehead atoms. The van der Waals surface area contributed by atoms with Crippen LogP contribution in [-0.2, 0) is 4.79 Å². The van der Waals surface area contributed by atoms with E-state index in [9.17, 15) is 4.79 Å². The number of aliphatic carboxylic acids is 1. The van der Waals surface area contributed by atoms with Crippen molar-refractivity contribution in [3.8, 4) is 10.7 Å². The number of anilines is 1. The summed E-state index contributed by atoms with van der Waals surface area (Å²) in [6.07, 6.45) is 3.02. The number of nitrogens with one attached hydrogen (secondary N) is 1. The summed E-state index contributed by atoms with van der Waals surface area (Å²) >= 11 is 1.30. The fraction of sp³-hybridized carbons (Fsp3) is 0.333. The Morgan fingerprint density at radius 1 is 1.47 bits per heavy atom. The van der Waals surface area contributed by atoms with Gasteiger partial charge in [-0.1, -0.05) is 30.7 Å². The lowest BCUT2D eigenvalue weighted by Crippen LogP contribution is -2.28. The topological polar surface area (TPSA) is 88.0 Å². The van der Waals surface area contributed by atoms with Gasteiger partial charge >= 0.3 is 5.97 Å². The SMILES string of the molecule is CCCC(Nc1nnc(-c2ccccn2)s1)C(=O)O. The Balaban J connectivity index is 2.11. The zero-order valence-electron chi connectivity index (χ0n) is 10.4. The summed E-state index contributed by atoms with van der Waals surface area (Å²) < 4.78 is 0. The first kappa shape index (κ1) is 13.4. The van der Waals surface area contributed by atoms with Crippen molar-refractivity contribution in [3.63, 3.8) is 0 Å². The van der Waals surface area contributed by atoms with Gasteiger partial charge in [0, 0.05) is 6.20 Å². The van der Waals surface area contributed by atoms with Crippen LogP contribution in [0.4, 0.5) is 5.13 Å². The third kappa shape index (κ3) is 3.47.